The predicted molar refractivity (Wildman–Crippen MR) is 90.6 cm³/mol. The number of benzene rings is 1. The van der Waals surface area contributed by atoms with E-state index in [4.69, 9.17) is 4.74 Å². The summed E-state index contributed by atoms with van der Waals surface area (Å²) in [4.78, 5) is 15.5. The quantitative estimate of drug-likeness (QED) is 0.614. The summed E-state index contributed by atoms with van der Waals surface area (Å²) < 4.78 is 30.4. The fourth-order valence-corrected chi connectivity index (χ4v) is 3.24. The van der Waals surface area contributed by atoms with Gasteiger partial charge in [0.25, 0.3) is 0 Å². The first-order valence-electron chi connectivity index (χ1n) is 7.41. The zero-order valence-electron chi connectivity index (χ0n) is 13.8. The molecule has 2 rings (SSSR count). The van der Waals surface area contributed by atoms with E-state index in [1.54, 1.807) is 18.2 Å². The van der Waals surface area contributed by atoms with Crippen LogP contribution in [0.3, 0.4) is 0 Å². The zero-order valence-corrected chi connectivity index (χ0v) is 14.6. The van der Waals surface area contributed by atoms with E-state index in [0.717, 1.165) is 5.57 Å². The van der Waals surface area contributed by atoms with Gasteiger partial charge in [-0.25, -0.2) is 13.4 Å². The molecule has 0 bridgehead atoms. The van der Waals surface area contributed by atoms with Crippen LogP contribution >= 0.6 is 0 Å². The van der Waals surface area contributed by atoms with Crippen molar-refractivity contribution in [2.75, 3.05) is 0 Å². The number of esters is 1. The molecule has 0 N–H and O–H groups in total. The summed E-state index contributed by atoms with van der Waals surface area (Å²) in [7, 11) is -3.76. The normalized spacial score (nSPS) is 11.0. The first-order valence-corrected chi connectivity index (χ1v) is 8.90. The van der Waals surface area contributed by atoms with Gasteiger partial charge in [0.1, 0.15) is 5.75 Å². The van der Waals surface area contributed by atoms with Crippen LogP contribution in [0.4, 0.5) is 0 Å². The number of nitrogens with zero attached hydrogens (tertiary/aromatic N) is 1. The molecule has 1 aromatic carbocycles. The molecule has 0 amide bonds. The number of allylic oxidation sites excluding steroid dienone is 2. The largest absolute Gasteiger partial charge is 0.426 e. The lowest BCUT2D eigenvalue weighted by atomic mass is 10.1. The molecule has 0 saturated heterocycles. The van der Waals surface area contributed by atoms with E-state index in [1.807, 2.05) is 19.9 Å². The third-order valence-corrected chi connectivity index (χ3v) is 4.90. The average molecular weight is 345 g/mol. The fourth-order valence-electron chi connectivity index (χ4n) is 2.03. The van der Waals surface area contributed by atoms with E-state index < -0.39 is 15.8 Å². The Bertz CT molecular complexity index is 867. The van der Waals surface area contributed by atoms with Crippen LogP contribution in [-0.4, -0.2) is 19.4 Å². The highest BCUT2D eigenvalue weighted by Crippen LogP contribution is 2.26. The van der Waals surface area contributed by atoms with Crippen molar-refractivity contribution in [2.24, 2.45) is 0 Å². The molecule has 126 valence electrons. The monoisotopic (exact) mass is 345 g/mol. The second-order valence-corrected chi connectivity index (χ2v) is 7.42. The van der Waals surface area contributed by atoms with Gasteiger partial charge in [-0.05, 0) is 32.4 Å². The summed E-state index contributed by atoms with van der Waals surface area (Å²) in [6, 6.07) is 9.32. The number of hydrogen-bond acceptors (Lipinski definition) is 5. The molecule has 0 aliphatic heterocycles. The van der Waals surface area contributed by atoms with Gasteiger partial charge >= 0.3 is 5.97 Å². The van der Waals surface area contributed by atoms with Gasteiger partial charge in [-0.15, -0.1) is 0 Å². The Kier molecular flexibility index (Phi) is 5.51. The minimum atomic E-state index is -3.76. The minimum absolute atomic E-state index is 0.142. The Morgan fingerprint density at radius 1 is 1.17 bits per heavy atom. The van der Waals surface area contributed by atoms with Gasteiger partial charge in [0.15, 0.2) is 5.03 Å². The Morgan fingerprint density at radius 2 is 1.83 bits per heavy atom. The fraction of sp³-hybridized carbons (Fsp3) is 0.222. The van der Waals surface area contributed by atoms with Crippen LogP contribution in [0.5, 0.6) is 5.75 Å². The van der Waals surface area contributed by atoms with Gasteiger partial charge in [-0.1, -0.05) is 29.8 Å². The van der Waals surface area contributed by atoms with Gasteiger partial charge in [0, 0.05) is 24.8 Å². The van der Waals surface area contributed by atoms with Gasteiger partial charge in [-0.3, -0.25) is 4.79 Å². The third kappa shape index (κ3) is 4.29. The number of ether oxygens (including phenoxy) is 1. The van der Waals surface area contributed by atoms with Crippen molar-refractivity contribution >= 4 is 15.8 Å². The van der Waals surface area contributed by atoms with Crippen molar-refractivity contribution < 1.29 is 17.9 Å². The number of hydrogen-bond donors (Lipinski definition) is 0. The van der Waals surface area contributed by atoms with E-state index >= 15 is 0 Å². The van der Waals surface area contributed by atoms with Gasteiger partial charge in [0.2, 0.25) is 9.84 Å². The van der Waals surface area contributed by atoms with Crippen LogP contribution in [0.25, 0.3) is 0 Å². The lowest BCUT2D eigenvalue weighted by Gasteiger charge is -2.10. The van der Waals surface area contributed by atoms with Crippen LogP contribution < -0.4 is 4.74 Å². The van der Waals surface area contributed by atoms with Crippen LogP contribution in [0.15, 0.2) is 64.2 Å². The first kappa shape index (κ1) is 17.9. The molecule has 0 spiro atoms. The molecule has 1 heterocycles. The highest BCUT2D eigenvalue weighted by Gasteiger charge is 2.21. The van der Waals surface area contributed by atoms with Gasteiger partial charge in [-0.2, -0.15) is 0 Å². The smallest absolute Gasteiger partial charge is 0.308 e. The van der Waals surface area contributed by atoms with Crippen molar-refractivity contribution in [1.82, 2.24) is 4.98 Å². The minimum Gasteiger partial charge on any atom is -0.426 e. The molecule has 0 fully saturated rings. The summed E-state index contributed by atoms with van der Waals surface area (Å²) in [5, 5.41) is -0.147. The number of rotatable bonds is 5. The maximum atomic E-state index is 12.6. The Morgan fingerprint density at radius 3 is 2.42 bits per heavy atom. The summed E-state index contributed by atoms with van der Waals surface area (Å²) in [6.07, 6.45) is 3.90. The van der Waals surface area contributed by atoms with E-state index in [-0.39, 0.29) is 15.7 Å². The number of carbonyl (C=O) groups is 1. The molecule has 0 atom stereocenters. The van der Waals surface area contributed by atoms with E-state index in [9.17, 15) is 13.2 Å². The molecule has 2 aromatic rings. The summed E-state index contributed by atoms with van der Waals surface area (Å²) in [5.74, 6) is -0.299. The lowest BCUT2D eigenvalue weighted by molar-refractivity contribution is -0.131. The standard InChI is InChI=1S/C18H19NO4S/c1-13(2)9-10-15-12-19-18(11-17(15)23-14(3)20)24(21,22)16-7-5-4-6-8-16/h4-9,11-12H,10H2,1-3H3. The van der Waals surface area contributed by atoms with Crippen LogP contribution in [0, 0.1) is 0 Å². The molecule has 0 radical (unpaired) electrons. The number of sulfone groups is 1. The molecular weight excluding hydrogens is 326 g/mol. The Hall–Kier alpha value is -2.47. The first-order chi connectivity index (χ1) is 11.3. The molecule has 24 heavy (non-hydrogen) atoms. The van der Waals surface area contributed by atoms with Crippen molar-refractivity contribution in [3.05, 3.63) is 59.8 Å². The molecule has 6 heteroatoms. The highest BCUT2D eigenvalue weighted by atomic mass is 32.2. The summed E-state index contributed by atoms with van der Waals surface area (Å²) in [5.41, 5.74) is 1.75. The van der Waals surface area contributed by atoms with Crippen LogP contribution in [0.1, 0.15) is 26.3 Å². The Balaban J connectivity index is 2.49. The number of aromatic nitrogens is 1. The van der Waals surface area contributed by atoms with E-state index in [1.165, 1.54) is 31.3 Å². The van der Waals surface area contributed by atoms with E-state index in [2.05, 4.69) is 4.98 Å². The molecular formula is C18H19NO4S. The molecule has 0 aliphatic rings. The van der Waals surface area contributed by atoms with Crippen LogP contribution in [0.2, 0.25) is 0 Å². The Labute approximate surface area is 141 Å². The molecule has 0 unspecified atom stereocenters. The number of pyridine rings is 1. The molecule has 0 saturated carbocycles. The molecule has 0 aliphatic carbocycles. The maximum absolute atomic E-state index is 12.6. The molecule has 1 aromatic heterocycles. The zero-order chi connectivity index (χ0) is 17.7. The summed E-state index contributed by atoms with van der Waals surface area (Å²) >= 11 is 0. The maximum Gasteiger partial charge on any atom is 0.308 e. The van der Waals surface area contributed by atoms with Gasteiger partial charge in [0.05, 0.1) is 4.90 Å². The van der Waals surface area contributed by atoms with Crippen molar-refractivity contribution in [3.63, 3.8) is 0 Å². The number of carbonyl (C=O) groups excluding carboxylic acids is 1. The van der Waals surface area contributed by atoms with Crippen LogP contribution in [-0.2, 0) is 21.1 Å². The molecule has 5 nitrogen and oxygen atoms in total. The third-order valence-electron chi connectivity index (χ3n) is 3.23. The predicted octanol–water partition coefficient (Wildman–Crippen LogP) is 3.35. The second kappa shape index (κ2) is 7.40. The van der Waals surface area contributed by atoms with Gasteiger partial charge < -0.3 is 4.74 Å². The van der Waals surface area contributed by atoms with Crippen molar-refractivity contribution in [2.45, 2.75) is 37.1 Å². The lowest BCUT2D eigenvalue weighted by Crippen LogP contribution is -2.09. The van der Waals surface area contributed by atoms with Crippen molar-refractivity contribution in [3.8, 4) is 5.75 Å². The average Bonchev–Trinajstić information content (AvgIpc) is 2.53. The summed E-state index contributed by atoms with van der Waals surface area (Å²) in [6.45, 7) is 5.18. The topological polar surface area (TPSA) is 73.3 Å². The second-order valence-electron chi connectivity index (χ2n) is 5.53. The van der Waals surface area contributed by atoms with E-state index in [0.29, 0.717) is 12.0 Å². The highest BCUT2D eigenvalue weighted by molar-refractivity contribution is 7.91. The SMILES string of the molecule is CC(=O)Oc1cc(S(=O)(=O)c2ccccc2)ncc1CC=C(C)C. The van der Waals surface area contributed by atoms with Crippen molar-refractivity contribution in [1.29, 1.82) is 0 Å².